The Labute approximate surface area is 102 Å². The van der Waals surface area contributed by atoms with Crippen LogP contribution < -0.4 is 0 Å². The van der Waals surface area contributed by atoms with E-state index in [1.54, 1.807) is 11.8 Å². The summed E-state index contributed by atoms with van der Waals surface area (Å²) in [6, 6.07) is 3.60. The standard InChI is InChI=1S/C11H11FN2O2S/c1-2-17-6-10-13-11(16-14-10)8-5-7(12)3-4-9(8)15/h3-5,15H,2,6H2,1H3. The zero-order valence-corrected chi connectivity index (χ0v) is 10.00. The number of hydrogen-bond acceptors (Lipinski definition) is 5. The van der Waals surface area contributed by atoms with Crippen molar-refractivity contribution in [1.29, 1.82) is 0 Å². The van der Waals surface area contributed by atoms with Gasteiger partial charge in [0, 0.05) is 0 Å². The van der Waals surface area contributed by atoms with Gasteiger partial charge >= 0.3 is 0 Å². The lowest BCUT2D eigenvalue weighted by Crippen LogP contribution is -1.85. The van der Waals surface area contributed by atoms with Gasteiger partial charge in [0.25, 0.3) is 5.89 Å². The van der Waals surface area contributed by atoms with E-state index < -0.39 is 5.82 Å². The molecule has 0 aliphatic rings. The van der Waals surface area contributed by atoms with E-state index in [1.165, 1.54) is 18.2 Å². The molecule has 0 unspecified atom stereocenters. The number of phenols is 1. The fraction of sp³-hybridized carbons (Fsp3) is 0.273. The number of aromatic hydroxyl groups is 1. The first-order chi connectivity index (χ1) is 8.20. The summed E-state index contributed by atoms with van der Waals surface area (Å²) in [5, 5.41) is 13.3. The first-order valence-electron chi connectivity index (χ1n) is 5.10. The van der Waals surface area contributed by atoms with Crippen molar-refractivity contribution in [1.82, 2.24) is 10.1 Å². The van der Waals surface area contributed by atoms with Crippen LogP contribution in [0.4, 0.5) is 4.39 Å². The number of hydrogen-bond donors (Lipinski definition) is 1. The molecule has 6 heteroatoms. The summed E-state index contributed by atoms with van der Waals surface area (Å²) >= 11 is 1.66. The molecule has 4 nitrogen and oxygen atoms in total. The summed E-state index contributed by atoms with van der Waals surface area (Å²) in [5.41, 5.74) is 0.213. The largest absolute Gasteiger partial charge is 0.507 e. The van der Waals surface area contributed by atoms with Crippen molar-refractivity contribution in [3.8, 4) is 17.2 Å². The molecule has 0 spiro atoms. The zero-order chi connectivity index (χ0) is 12.3. The highest BCUT2D eigenvalue weighted by Gasteiger charge is 2.13. The van der Waals surface area contributed by atoms with Gasteiger partial charge in [-0.3, -0.25) is 0 Å². The average Bonchev–Trinajstić information content (AvgIpc) is 2.78. The van der Waals surface area contributed by atoms with Gasteiger partial charge in [-0.15, -0.1) is 0 Å². The number of rotatable bonds is 4. The number of aromatic nitrogens is 2. The minimum absolute atomic E-state index is 0.0789. The Morgan fingerprint density at radius 1 is 1.47 bits per heavy atom. The molecule has 1 aromatic heterocycles. The Morgan fingerprint density at radius 2 is 2.29 bits per heavy atom. The summed E-state index contributed by atoms with van der Waals surface area (Å²) in [4.78, 5) is 4.09. The van der Waals surface area contributed by atoms with Gasteiger partial charge in [0.1, 0.15) is 11.6 Å². The molecule has 1 heterocycles. The second-order valence-electron chi connectivity index (χ2n) is 3.31. The van der Waals surface area contributed by atoms with Crippen molar-refractivity contribution in [2.24, 2.45) is 0 Å². The Hall–Kier alpha value is -1.56. The van der Waals surface area contributed by atoms with E-state index in [1.807, 2.05) is 6.92 Å². The Balaban J connectivity index is 2.27. The van der Waals surface area contributed by atoms with Crippen LogP contribution in [0.2, 0.25) is 0 Å². The van der Waals surface area contributed by atoms with Crippen LogP contribution in [0, 0.1) is 5.82 Å². The fourth-order valence-electron chi connectivity index (χ4n) is 1.29. The quantitative estimate of drug-likeness (QED) is 0.909. The molecule has 0 saturated carbocycles. The number of benzene rings is 1. The maximum Gasteiger partial charge on any atom is 0.261 e. The third-order valence-electron chi connectivity index (χ3n) is 2.09. The van der Waals surface area contributed by atoms with Crippen molar-refractivity contribution >= 4 is 11.8 Å². The van der Waals surface area contributed by atoms with Crippen LogP contribution in [0.1, 0.15) is 12.7 Å². The lowest BCUT2D eigenvalue weighted by Gasteiger charge is -1.98. The third kappa shape index (κ3) is 2.76. The Bertz CT molecular complexity index is 516. The van der Waals surface area contributed by atoms with E-state index in [0.717, 1.165) is 5.75 Å². The fourth-order valence-corrected chi connectivity index (χ4v) is 1.80. The smallest absolute Gasteiger partial charge is 0.261 e. The maximum absolute atomic E-state index is 13.0. The van der Waals surface area contributed by atoms with Crippen LogP contribution in [-0.4, -0.2) is 21.0 Å². The van der Waals surface area contributed by atoms with Crippen LogP contribution in [0.3, 0.4) is 0 Å². The van der Waals surface area contributed by atoms with Crippen molar-refractivity contribution in [3.05, 3.63) is 29.8 Å². The minimum atomic E-state index is -0.458. The first-order valence-corrected chi connectivity index (χ1v) is 6.25. The molecule has 0 fully saturated rings. The average molecular weight is 254 g/mol. The molecular weight excluding hydrogens is 243 g/mol. The third-order valence-corrected chi connectivity index (χ3v) is 2.96. The minimum Gasteiger partial charge on any atom is -0.507 e. The summed E-state index contributed by atoms with van der Waals surface area (Å²) in [7, 11) is 0. The molecule has 0 amide bonds. The van der Waals surface area contributed by atoms with Crippen molar-refractivity contribution < 1.29 is 14.0 Å². The van der Waals surface area contributed by atoms with Crippen molar-refractivity contribution in [2.75, 3.05) is 5.75 Å². The molecule has 1 aromatic carbocycles. The summed E-state index contributed by atoms with van der Waals surface area (Å²) in [5.74, 6) is 1.72. The van der Waals surface area contributed by atoms with Crippen LogP contribution in [-0.2, 0) is 5.75 Å². The van der Waals surface area contributed by atoms with Crippen LogP contribution >= 0.6 is 11.8 Å². The van der Waals surface area contributed by atoms with Gasteiger partial charge in [-0.2, -0.15) is 16.7 Å². The Morgan fingerprint density at radius 3 is 3.06 bits per heavy atom. The predicted molar refractivity (Wildman–Crippen MR) is 63.2 cm³/mol. The van der Waals surface area contributed by atoms with E-state index in [2.05, 4.69) is 10.1 Å². The first kappa shape index (κ1) is 11.9. The molecule has 17 heavy (non-hydrogen) atoms. The topological polar surface area (TPSA) is 59.2 Å². The molecule has 0 saturated heterocycles. The highest BCUT2D eigenvalue weighted by Crippen LogP contribution is 2.28. The molecule has 0 radical (unpaired) electrons. The van der Waals surface area contributed by atoms with Crippen LogP contribution in [0.25, 0.3) is 11.5 Å². The highest BCUT2D eigenvalue weighted by molar-refractivity contribution is 7.98. The van der Waals surface area contributed by atoms with E-state index in [-0.39, 0.29) is 17.2 Å². The predicted octanol–water partition coefficient (Wildman–Crippen LogP) is 2.83. The molecule has 0 bridgehead atoms. The van der Waals surface area contributed by atoms with Gasteiger partial charge in [0.15, 0.2) is 5.82 Å². The molecule has 2 aromatic rings. The van der Waals surface area contributed by atoms with E-state index in [9.17, 15) is 9.50 Å². The second kappa shape index (κ2) is 5.18. The number of thioether (sulfide) groups is 1. The maximum atomic E-state index is 13.0. The number of halogens is 1. The van der Waals surface area contributed by atoms with Gasteiger partial charge in [-0.1, -0.05) is 12.1 Å². The Kier molecular flexibility index (Phi) is 3.63. The number of nitrogens with zero attached hydrogens (tertiary/aromatic N) is 2. The molecule has 0 aliphatic heterocycles. The van der Waals surface area contributed by atoms with E-state index >= 15 is 0 Å². The summed E-state index contributed by atoms with van der Waals surface area (Å²) in [6.07, 6.45) is 0. The summed E-state index contributed by atoms with van der Waals surface area (Å²) in [6.45, 7) is 2.03. The van der Waals surface area contributed by atoms with Gasteiger partial charge in [-0.05, 0) is 24.0 Å². The second-order valence-corrected chi connectivity index (χ2v) is 4.59. The molecular formula is C11H11FN2O2S. The molecule has 90 valence electrons. The van der Waals surface area contributed by atoms with Gasteiger partial charge < -0.3 is 9.63 Å². The molecule has 2 rings (SSSR count). The normalized spacial score (nSPS) is 10.7. The highest BCUT2D eigenvalue weighted by atomic mass is 32.2. The van der Waals surface area contributed by atoms with E-state index in [0.29, 0.717) is 11.6 Å². The zero-order valence-electron chi connectivity index (χ0n) is 9.18. The number of phenolic OH excluding ortho intramolecular Hbond substituents is 1. The van der Waals surface area contributed by atoms with Crippen LogP contribution in [0.15, 0.2) is 22.7 Å². The SMILES string of the molecule is CCSCc1noc(-c2cc(F)ccc2O)n1. The van der Waals surface area contributed by atoms with Crippen molar-refractivity contribution in [3.63, 3.8) is 0 Å². The molecule has 1 N–H and O–H groups in total. The van der Waals surface area contributed by atoms with Crippen LogP contribution in [0.5, 0.6) is 5.75 Å². The lowest BCUT2D eigenvalue weighted by atomic mass is 10.2. The molecule has 0 aliphatic carbocycles. The van der Waals surface area contributed by atoms with Gasteiger partial charge in [-0.25, -0.2) is 4.39 Å². The van der Waals surface area contributed by atoms with Gasteiger partial charge in [0.05, 0.1) is 11.3 Å². The lowest BCUT2D eigenvalue weighted by molar-refractivity contribution is 0.419. The van der Waals surface area contributed by atoms with E-state index in [4.69, 9.17) is 4.52 Å². The van der Waals surface area contributed by atoms with Crippen molar-refractivity contribution in [2.45, 2.75) is 12.7 Å². The monoisotopic (exact) mass is 254 g/mol. The van der Waals surface area contributed by atoms with Gasteiger partial charge in [0.2, 0.25) is 0 Å². The summed E-state index contributed by atoms with van der Waals surface area (Å²) < 4.78 is 18.0. The molecule has 0 atom stereocenters.